The van der Waals surface area contributed by atoms with Gasteiger partial charge in [0.05, 0.1) is 10.6 Å². The molecular weight excluding hydrogens is 681 g/mol. The van der Waals surface area contributed by atoms with Gasteiger partial charge in [-0.25, -0.2) is 8.42 Å². The van der Waals surface area contributed by atoms with E-state index in [-0.39, 0.29) is 17.3 Å². The minimum absolute atomic E-state index is 0.0735. The van der Waals surface area contributed by atoms with Crippen molar-refractivity contribution in [3.05, 3.63) is 92.5 Å². The quantitative estimate of drug-likeness (QED) is 0.294. The van der Waals surface area contributed by atoms with Gasteiger partial charge in [0.2, 0.25) is 11.8 Å². The monoisotopic (exact) mass is 711 g/mol. The number of amides is 2. The Morgan fingerprint density at radius 1 is 0.947 bits per heavy atom. The van der Waals surface area contributed by atoms with Gasteiger partial charge in [0.1, 0.15) is 12.6 Å². The molecule has 3 aromatic carbocycles. The molecule has 0 bridgehead atoms. The van der Waals surface area contributed by atoms with Crippen LogP contribution in [0.2, 0.25) is 0 Å². The third kappa shape index (κ3) is 8.03. The topological polar surface area (TPSA) is 86.8 Å². The van der Waals surface area contributed by atoms with Crippen LogP contribution in [0.5, 0.6) is 0 Å². The normalized spacial score (nSPS) is 12.5. The number of anilines is 1. The van der Waals surface area contributed by atoms with Gasteiger partial charge in [0.15, 0.2) is 0 Å². The molecule has 0 aliphatic rings. The van der Waals surface area contributed by atoms with Gasteiger partial charge in [0, 0.05) is 20.1 Å². The fraction of sp³-hybridized carbons (Fsp3) is 0.286. The molecule has 10 heteroatoms. The smallest absolute Gasteiger partial charge is 0.264 e. The van der Waals surface area contributed by atoms with Crippen molar-refractivity contribution in [2.24, 2.45) is 0 Å². The lowest BCUT2D eigenvalue weighted by Gasteiger charge is -2.33. The van der Waals surface area contributed by atoms with Crippen LogP contribution >= 0.6 is 38.5 Å². The van der Waals surface area contributed by atoms with Gasteiger partial charge >= 0.3 is 0 Å². The van der Waals surface area contributed by atoms with Crippen LogP contribution in [0.1, 0.15) is 33.3 Å². The number of carbonyl (C=O) groups is 2. The first-order chi connectivity index (χ1) is 17.8. The Morgan fingerprint density at radius 2 is 1.53 bits per heavy atom. The Kier molecular flexibility index (Phi) is 9.99. The Morgan fingerprint density at radius 3 is 2.08 bits per heavy atom. The minimum Gasteiger partial charge on any atom is -0.350 e. The fourth-order valence-electron chi connectivity index (χ4n) is 3.70. The number of hydrogen-bond acceptors (Lipinski definition) is 4. The van der Waals surface area contributed by atoms with Crippen LogP contribution < -0.4 is 9.62 Å². The standard InChI is InChI=1S/C28H31BrIN3O4S/c1-20(27(35)31-28(2,3)4)32(18-21-10-12-22(29)13-11-21)26(34)19-33(24-16-14-23(30)15-17-24)38(36,37)25-8-6-5-7-9-25/h5-17,20H,18-19H2,1-4H3,(H,31,35)/t20-/m0/s1. The molecule has 0 spiro atoms. The zero-order chi connectivity index (χ0) is 28.1. The zero-order valence-corrected chi connectivity index (χ0v) is 26.2. The number of benzene rings is 3. The molecular formula is C28H31BrIN3O4S. The average Bonchev–Trinajstić information content (AvgIpc) is 2.86. The van der Waals surface area contributed by atoms with E-state index in [1.807, 2.05) is 45.0 Å². The summed E-state index contributed by atoms with van der Waals surface area (Å²) in [5.41, 5.74) is 0.670. The van der Waals surface area contributed by atoms with Crippen molar-refractivity contribution in [2.75, 3.05) is 10.8 Å². The maximum absolute atomic E-state index is 13.9. The van der Waals surface area contributed by atoms with Crippen molar-refractivity contribution >= 4 is 66.0 Å². The first-order valence-electron chi connectivity index (χ1n) is 12.0. The zero-order valence-electron chi connectivity index (χ0n) is 21.7. The number of hydrogen-bond donors (Lipinski definition) is 1. The molecule has 0 aliphatic carbocycles. The summed E-state index contributed by atoms with van der Waals surface area (Å²) < 4.78 is 30.4. The van der Waals surface area contributed by atoms with Crippen molar-refractivity contribution < 1.29 is 18.0 Å². The fourth-order valence-corrected chi connectivity index (χ4v) is 5.76. The molecule has 7 nitrogen and oxygen atoms in total. The molecule has 1 N–H and O–H groups in total. The summed E-state index contributed by atoms with van der Waals surface area (Å²) in [7, 11) is -4.07. The predicted octanol–water partition coefficient (Wildman–Crippen LogP) is 5.58. The molecule has 0 aromatic heterocycles. The molecule has 1 atom stereocenters. The van der Waals surface area contributed by atoms with E-state index in [1.165, 1.54) is 17.0 Å². The molecule has 2 amide bonds. The van der Waals surface area contributed by atoms with E-state index < -0.39 is 34.1 Å². The molecule has 202 valence electrons. The first kappa shape index (κ1) is 30.1. The molecule has 3 aromatic rings. The maximum Gasteiger partial charge on any atom is 0.264 e. The highest BCUT2D eigenvalue weighted by Gasteiger charge is 2.33. The summed E-state index contributed by atoms with van der Waals surface area (Å²) in [5, 5.41) is 2.92. The number of rotatable bonds is 9. The second-order valence-corrected chi connectivity index (χ2v) is 13.9. The second kappa shape index (κ2) is 12.6. The summed E-state index contributed by atoms with van der Waals surface area (Å²) in [6, 6.07) is 21.5. The summed E-state index contributed by atoms with van der Waals surface area (Å²) in [6.45, 7) is 6.91. The molecule has 0 aliphatic heterocycles. The molecule has 0 saturated carbocycles. The van der Waals surface area contributed by atoms with E-state index in [2.05, 4.69) is 43.8 Å². The predicted molar refractivity (Wildman–Crippen MR) is 162 cm³/mol. The van der Waals surface area contributed by atoms with E-state index >= 15 is 0 Å². The number of nitrogens with zero attached hydrogens (tertiary/aromatic N) is 2. The molecule has 0 radical (unpaired) electrons. The Labute approximate surface area is 246 Å². The molecule has 3 rings (SSSR count). The van der Waals surface area contributed by atoms with Gasteiger partial charge in [-0.05, 0) is 104 Å². The van der Waals surface area contributed by atoms with Crippen LogP contribution in [-0.4, -0.2) is 43.3 Å². The number of halogens is 2. The van der Waals surface area contributed by atoms with Gasteiger partial charge in [-0.15, -0.1) is 0 Å². The number of sulfonamides is 1. The van der Waals surface area contributed by atoms with E-state index in [0.717, 1.165) is 17.9 Å². The van der Waals surface area contributed by atoms with Crippen LogP contribution in [0.4, 0.5) is 5.69 Å². The molecule has 38 heavy (non-hydrogen) atoms. The van der Waals surface area contributed by atoms with Gasteiger partial charge in [-0.1, -0.05) is 46.3 Å². The van der Waals surface area contributed by atoms with Crippen molar-refractivity contribution in [3.8, 4) is 0 Å². The largest absolute Gasteiger partial charge is 0.350 e. The van der Waals surface area contributed by atoms with Crippen molar-refractivity contribution in [1.29, 1.82) is 0 Å². The summed E-state index contributed by atoms with van der Waals surface area (Å²) in [4.78, 5) is 28.5. The Hall–Kier alpha value is -2.44. The second-order valence-electron chi connectivity index (χ2n) is 9.86. The van der Waals surface area contributed by atoms with E-state index in [0.29, 0.717) is 5.69 Å². The third-order valence-electron chi connectivity index (χ3n) is 5.66. The number of nitrogens with one attached hydrogen (secondary N) is 1. The SMILES string of the molecule is C[C@@H](C(=O)NC(C)(C)C)N(Cc1ccc(Br)cc1)C(=O)CN(c1ccc(I)cc1)S(=O)(=O)c1ccccc1. The minimum atomic E-state index is -4.07. The summed E-state index contributed by atoms with van der Waals surface area (Å²) in [5.74, 6) is -0.822. The first-order valence-corrected chi connectivity index (χ1v) is 15.3. The maximum atomic E-state index is 13.9. The highest BCUT2D eigenvalue weighted by atomic mass is 127. The van der Waals surface area contributed by atoms with Gasteiger partial charge < -0.3 is 10.2 Å². The lowest BCUT2D eigenvalue weighted by atomic mass is 10.1. The molecule has 0 fully saturated rings. The average molecular weight is 712 g/mol. The van der Waals surface area contributed by atoms with Crippen LogP contribution in [-0.2, 0) is 26.2 Å². The van der Waals surface area contributed by atoms with Crippen LogP contribution in [0, 0.1) is 3.57 Å². The molecule has 0 heterocycles. The van der Waals surface area contributed by atoms with Crippen molar-refractivity contribution in [2.45, 2.75) is 50.7 Å². The lowest BCUT2D eigenvalue weighted by Crippen LogP contribution is -2.54. The summed E-state index contributed by atoms with van der Waals surface area (Å²) in [6.07, 6.45) is 0. The molecule has 0 saturated heterocycles. The van der Waals surface area contributed by atoms with Crippen LogP contribution in [0.25, 0.3) is 0 Å². The third-order valence-corrected chi connectivity index (χ3v) is 8.69. The van der Waals surface area contributed by atoms with E-state index in [9.17, 15) is 18.0 Å². The Balaban J connectivity index is 2.01. The lowest BCUT2D eigenvalue weighted by molar-refractivity contribution is -0.140. The van der Waals surface area contributed by atoms with E-state index in [1.54, 1.807) is 49.4 Å². The van der Waals surface area contributed by atoms with Gasteiger partial charge in [-0.2, -0.15) is 0 Å². The Bertz CT molecular complexity index is 1360. The number of carbonyl (C=O) groups excluding carboxylic acids is 2. The van der Waals surface area contributed by atoms with Crippen molar-refractivity contribution in [1.82, 2.24) is 10.2 Å². The van der Waals surface area contributed by atoms with Gasteiger partial charge in [-0.3, -0.25) is 13.9 Å². The van der Waals surface area contributed by atoms with E-state index in [4.69, 9.17) is 0 Å². The van der Waals surface area contributed by atoms with Crippen LogP contribution in [0.3, 0.4) is 0 Å². The summed E-state index contributed by atoms with van der Waals surface area (Å²) >= 11 is 5.55. The molecule has 0 unspecified atom stereocenters. The van der Waals surface area contributed by atoms with Crippen molar-refractivity contribution in [3.63, 3.8) is 0 Å². The van der Waals surface area contributed by atoms with Gasteiger partial charge in [0.25, 0.3) is 10.0 Å². The highest BCUT2D eigenvalue weighted by molar-refractivity contribution is 14.1. The highest BCUT2D eigenvalue weighted by Crippen LogP contribution is 2.25. The van der Waals surface area contributed by atoms with Crippen LogP contribution in [0.15, 0.2) is 88.2 Å².